The zero-order valence-corrected chi connectivity index (χ0v) is 12.2. The summed E-state index contributed by atoms with van der Waals surface area (Å²) in [4.78, 5) is 2.52. The highest BCUT2D eigenvalue weighted by Crippen LogP contribution is 2.46. The maximum atomic E-state index is 5.46. The Bertz CT molecular complexity index is 439. The number of likely N-dealkylation sites (tertiary alicyclic amines) is 1. The molecule has 0 aromatic carbocycles. The van der Waals surface area contributed by atoms with Gasteiger partial charge in [-0.15, -0.1) is 11.8 Å². The first kappa shape index (κ1) is 12.5. The van der Waals surface area contributed by atoms with E-state index in [0.717, 1.165) is 18.0 Å². The molecule has 3 rings (SSSR count). The smallest absolute Gasteiger partial charge is 0.0676 e. The van der Waals surface area contributed by atoms with Crippen molar-refractivity contribution in [2.24, 2.45) is 7.05 Å². The van der Waals surface area contributed by atoms with Gasteiger partial charge in [-0.3, -0.25) is 9.58 Å². The molecule has 5 heteroatoms. The van der Waals surface area contributed by atoms with E-state index in [4.69, 9.17) is 4.74 Å². The van der Waals surface area contributed by atoms with E-state index >= 15 is 0 Å². The van der Waals surface area contributed by atoms with Crippen LogP contribution in [0.5, 0.6) is 0 Å². The molecule has 1 aromatic heterocycles. The van der Waals surface area contributed by atoms with Crippen molar-refractivity contribution in [1.29, 1.82) is 0 Å². The lowest BCUT2D eigenvalue weighted by molar-refractivity contribution is 0.0619. The molecule has 0 aliphatic carbocycles. The predicted octanol–water partition coefficient (Wildman–Crippen LogP) is 1.43. The molecule has 1 aromatic rings. The van der Waals surface area contributed by atoms with Gasteiger partial charge in [0.2, 0.25) is 0 Å². The summed E-state index contributed by atoms with van der Waals surface area (Å²) in [6.07, 6.45) is 1.69. The largest absolute Gasteiger partial charge is 0.381 e. The summed E-state index contributed by atoms with van der Waals surface area (Å²) in [5.74, 6) is 1.16. The van der Waals surface area contributed by atoms with Crippen molar-refractivity contribution >= 4 is 11.8 Å². The Kier molecular flexibility index (Phi) is 3.16. The first-order valence-electron chi connectivity index (χ1n) is 6.49. The second-order valence-corrected chi connectivity index (χ2v) is 7.09. The van der Waals surface area contributed by atoms with Gasteiger partial charge in [-0.2, -0.15) is 5.10 Å². The number of hydrogen-bond acceptors (Lipinski definition) is 4. The Morgan fingerprint density at radius 3 is 2.89 bits per heavy atom. The van der Waals surface area contributed by atoms with Crippen molar-refractivity contribution in [1.82, 2.24) is 14.7 Å². The van der Waals surface area contributed by atoms with Gasteiger partial charge in [0.05, 0.1) is 17.5 Å². The molecule has 3 heterocycles. The molecule has 2 saturated heterocycles. The molecule has 0 bridgehead atoms. The van der Waals surface area contributed by atoms with Crippen LogP contribution in [0.4, 0.5) is 0 Å². The van der Waals surface area contributed by atoms with Crippen LogP contribution in [0, 0.1) is 6.92 Å². The van der Waals surface area contributed by atoms with Crippen LogP contribution in [0.2, 0.25) is 0 Å². The van der Waals surface area contributed by atoms with Crippen LogP contribution in [0.25, 0.3) is 0 Å². The highest BCUT2D eigenvalue weighted by molar-refractivity contribution is 8.01. The minimum atomic E-state index is 0.469. The Hall–Kier alpha value is -0.520. The van der Waals surface area contributed by atoms with E-state index < -0.39 is 0 Å². The molecule has 1 spiro atoms. The van der Waals surface area contributed by atoms with Crippen molar-refractivity contribution in [3.8, 4) is 0 Å². The Balaban J connectivity index is 1.55. The summed E-state index contributed by atoms with van der Waals surface area (Å²) in [5, 5.41) is 4.40. The summed E-state index contributed by atoms with van der Waals surface area (Å²) in [7, 11) is 3.86. The van der Waals surface area contributed by atoms with E-state index in [-0.39, 0.29) is 0 Å². The molecule has 100 valence electrons. The number of hydrogen-bond donors (Lipinski definition) is 0. The zero-order valence-electron chi connectivity index (χ0n) is 11.3. The second-order valence-electron chi connectivity index (χ2n) is 5.60. The monoisotopic (exact) mass is 267 g/mol. The number of aromatic nitrogens is 2. The highest BCUT2D eigenvalue weighted by Gasteiger charge is 2.48. The Morgan fingerprint density at radius 1 is 1.56 bits per heavy atom. The van der Waals surface area contributed by atoms with Gasteiger partial charge < -0.3 is 4.74 Å². The molecule has 2 aliphatic heterocycles. The Labute approximate surface area is 113 Å². The fourth-order valence-electron chi connectivity index (χ4n) is 3.10. The summed E-state index contributed by atoms with van der Waals surface area (Å²) in [5.41, 5.74) is 2.42. The maximum Gasteiger partial charge on any atom is 0.0676 e. The summed E-state index contributed by atoms with van der Waals surface area (Å²) < 4.78 is 7.95. The third-order valence-electron chi connectivity index (χ3n) is 4.02. The molecule has 2 fully saturated rings. The number of thioether (sulfide) groups is 1. The number of rotatable bonds is 3. The third kappa shape index (κ3) is 2.19. The number of aryl methyl sites for hydroxylation is 2. The van der Waals surface area contributed by atoms with Gasteiger partial charge in [-0.1, -0.05) is 0 Å². The molecular weight excluding hydrogens is 246 g/mol. The maximum absolute atomic E-state index is 5.46. The highest BCUT2D eigenvalue weighted by atomic mass is 32.2. The number of ether oxygens (including phenoxy) is 1. The third-order valence-corrected chi connectivity index (χ3v) is 5.59. The van der Waals surface area contributed by atoms with Crippen LogP contribution in [0.1, 0.15) is 17.8 Å². The molecule has 1 atom stereocenters. The predicted molar refractivity (Wildman–Crippen MR) is 73.8 cm³/mol. The van der Waals surface area contributed by atoms with Crippen molar-refractivity contribution in [3.05, 3.63) is 17.5 Å². The lowest BCUT2D eigenvalue weighted by atomic mass is 9.93. The first-order valence-corrected chi connectivity index (χ1v) is 7.47. The van der Waals surface area contributed by atoms with Gasteiger partial charge in [0.25, 0.3) is 0 Å². The summed E-state index contributed by atoms with van der Waals surface area (Å²) in [6.45, 7) is 5.47. The molecular formula is C13H21N3OS. The fraction of sp³-hybridized carbons (Fsp3) is 0.769. The minimum Gasteiger partial charge on any atom is -0.381 e. The molecule has 0 amide bonds. The van der Waals surface area contributed by atoms with Crippen LogP contribution in [0.15, 0.2) is 6.07 Å². The van der Waals surface area contributed by atoms with Gasteiger partial charge in [-0.05, 0) is 19.4 Å². The summed E-state index contributed by atoms with van der Waals surface area (Å²) >= 11 is 2.10. The zero-order chi connectivity index (χ0) is 12.8. The van der Waals surface area contributed by atoms with Crippen LogP contribution in [0.3, 0.4) is 0 Å². The van der Waals surface area contributed by atoms with Gasteiger partial charge in [0.15, 0.2) is 0 Å². The van der Waals surface area contributed by atoms with Gasteiger partial charge >= 0.3 is 0 Å². The van der Waals surface area contributed by atoms with Gasteiger partial charge in [0, 0.05) is 44.3 Å². The Morgan fingerprint density at radius 2 is 2.33 bits per heavy atom. The van der Waals surface area contributed by atoms with Crippen molar-refractivity contribution in [2.45, 2.75) is 30.7 Å². The fourth-order valence-corrected chi connectivity index (χ4v) is 4.74. The van der Waals surface area contributed by atoms with Crippen LogP contribution in [-0.2, 0) is 18.3 Å². The van der Waals surface area contributed by atoms with E-state index in [1.54, 1.807) is 0 Å². The van der Waals surface area contributed by atoms with E-state index in [2.05, 4.69) is 34.8 Å². The molecule has 1 unspecified atom stereocenters. The molecule has 0 saturated carbocycles. The van der Waals surface area contributed by atoms with E-state index in [0.29, 0.717) is 10.9 Å². The lowest BCUT2D eigenvalue weighted by Crippen LogP contribution is -2.58. The van der Waals surface area contributed by atoms with Crippen LogP contribution in [-0.4, -0.2) is 51.5 Å². The SMILES string of the molecule is COC1CSC2(C1)CN(Cc1cc(C)nn1C)C2. The van der Waals surface area contributed by atoms with Crippen LogP contribution >= 0.6 is 11.8 Å². The second kappa shape index (κ2) is 4.54. The molecule has 2 aliphatic rings. The molecule has 0 radical (unpaired) electrons. The van der Waals surface area contributed by atoms with Crippen LogP contribution < -0.4 is 0 Å². The van der Waals surface area contributed by atoms with Gasteiger partial charge in [0.1, 0.15) is 0 Å². The molecule has 0 N–H and O–H groups in total. The number of methoxy groups -OCH3 is 1. The first-order chi connectivity index (χ1) is 8.60. The molecule has 4 nitrogen and oxygen atoms in total. The molecule has 18 heavy (non-hydrogen) atoms. The summed E-state index contributed by atoms with van der Waals surface area (Å²) in [6, 6.07) is 2.19. The average Bonchev–Trinajstić information content (AvgIpc) is 2.83. The minimum absolute atomic E-state index is 0.469. The standard InChI is InChI=1S/C13H21N3OS/c1-10-4-11(15(2)14-10)6-16-8-13(9-16)5-12(17-3)7-18-13/h4,12H,5-9H2,1-3H3. The van der Waals surface area contributed by atoms with Crippen molar-refractivity contribution < 1.29 is 4.74 Å². The average molecular weight is 267 g/mol. The van der Waals surface area contributed by atoms with Crippen molar-refractivity contribution in [2.75, 3.05) is 26.0 Å². The quantitative estimate of drug-likeness (QED) is 0.829. The van der Waals surface area contributed by atoms with E-state index in [9.17, 15) is 0 Å². The lowest BCUT2D eigenvalue weighted by Gasteiger charge is -2.47. The van der Waals surface area contributed by atoms with E-state index in [1.165, 1.54) is 25.2 Å². The van der Waals surface area contributed by atoms with Crippen molar-refractivity contribution in [3.63, 3.8) is 0 Å². The van der Waals surface area contributed by atoms with Gasteiger partial charge in [-0.25, -0.2) is 0 Å². The number of nitrogens with zero attached hydrogens (tertiary/aromatic N) is 3. The topological polar surface area (TPSA) is 30.3 Å². The van der Waals surface area contributed by atoms with E-state index in [1.807, 2.05) is 18.8 Å². The normalized spacial score (nSPS) is 26.7.